The minimum absolute atomic E-state index is 0.183. The minimum Gasteiger partial charge on any atom is -0.302 e. The molecule has 80 valence electrons. The van der Waals surface area contributed by atoms with Crippen molar-refractivity contribution < 1.29 is 9.59 Å². The Balaban J connectivity index is 2.06. The molecule has 0 amide bonds. The Morgan fingerprint density at radius 3 is 2.87 bits per heavy atom. The van der Waals surface area contributed by atoms with Gasteiger partial charge in [-0.1, -0.05) is 11.8 Å². The summed E-state index contributed by atoms with van der Waals surface area (Å²) < 4.78 is 0. The Morgan fingerprint density at radius 2 is 2.13 bits per heavy atom. The van der Waals surface area contributed by atoms with Crippen molar-refractivity contribution in [1.29, 1.82) is 0 Å². The van der Waals surface area contributed by atoms with Crippen LogP contribution in [0.15, 0.2) is 10.5 Å². The largest absolute Gasteiger partial charge is 0.302 e. The van der Waals surface area contributed by atoms with Gasteiger partial charge in [0.05, 0.1) is 0 Å². The van der Waals surface area contributed by atoms with E-state index in [4.69, 9.17) is 0 Å². The summed E-state index contributed by atoms with van der Waals surface area (Å²) in [7, 11) is 0. The fourth-order valence-electron chi connectivity index (χ4n) is 2.61. The average molecular weight is 224 g/mol. The van der Waals surface area contributed by atoms with Crippen LogP contribution in [0.2, 0.25) is 0 Å². The van der Waals surface area contributed by atoms with Gasteiger partial charge < -0.3 is 5.32 Å². The molecule has 3 aliphatic rings. The summed E-state index contributed by atoms with van der Waals surface area (Å²) in [6.45, 7) is 1.29. The Labute approximate surface area is 91.9 Å². The van der Waals surface area contributed by atoms with Crippen LogP contribution in [0.4, 0.5) is 0 Å². The van der Waals surface area contributed by atoms with Gasteiger partial charge in [0.1, 0.15) is 5.54 Å². The zero-order valence-corrected chi connectivity index (χ0v) is 9.08. The topological polar surface area (TPSA) is 58.2 Å². The average Bonchev–Trinajstić information content (AvgIpc) is 2.80. The lowest BCUT2D eigenvalue weighted by Gasteiger charge is -2.32. The highest BCUT2D eigenvalue weighted by Gasteiger charge is 2.49. The summed E-state index contributed by atoms with van der Waals surface area (Å²) in [5, 5.41) is 6.57. The van der Waals surface area contributed by atoms with E-state index in [2.05, 4.69) is 10.6 Å². The van der Waals surface area contributed by atoms with E-state index in [0.29, 0.717) is 26.1 Å². The first-order valence-corrected chi connectivity index (χ1v) is 5.96. The smallest absolute Gasteiger partial charge is 0.197 e. The Hall–Kier alpha value is -0.650. The number of ketones is 1. The second kappa shape index (κ2) is 3.17. The number of carbonyl (C=O) groups is 2. The van der Waals surface area contributed by atoms with Crippen LogP contribution in [0.25, 0.3) is 0 Å². The summed E-state index contributed by atoms with van der Waals surface area (Å²) in [6.07, 6.45) is 1.77. The number of nitrogens with one attached hydrogen (secondary N) is 2. The number of rotatable bonds is 0. The van der Waals surface area contributed by atoms with Crippen molar-refractivity contribution in [3.05, 3.63) is 10.5 Å². The molecule has 0 aromatic carbocycles. The van der Waals surface area contributed by atoms with Crippen LogP contribution in [0, 0.1) is 0 Å². The molecule has 0 bridgehead atoms. The van der Waals surface area contributed by atoms with Gasteiger partial charge >= 0.3 is 0 Å². The van der Waals surface area contributed by atoms with E-state index in [-0.39, 0.29) is 10.9 Å². The van der Waals surface area contributed by atoms with Crippen molar-refractivity contribution >= 4 is 22.7 Å². The highest BCUT2D eigenvalue weighted by atomic mass is 32.2. The molecular weight excluding hydrogens is 212 g/mol. The van der Waals surface area contributed by atoms with Crippen LogP contribution in [-0.2, 0) is 9.59 Å². The number of carbonyl (C=O) groups excluding carboxylic acids is 2. The molecule has 0 saturated carbocycles. The molecule has 15 heavy (non-hydrogen) atoms. The zero-order valence-electron chi connectivity index (χ0n) is 8.26. The highest BCUT2D eigenvalue weighted by Crippen LogP contribution is 2.45. The number of hydrogen-bond acceptors (Lipinski definition) is 5. The second-order valence-corrected chi connectivity index (χ2v) is 5.31. The van der Waals surface area contributed by atoms with Crippen molar-refractivity contribution in [3.8, 4) is 0 Å². The fraction of sp³-hybridized carbons (Fsp3) is 0.600. The van der Waals surface area contributed by atoms with Gasteiger partial charge in [-0.25, -0.2) is 0 Å². The summed E-state index contributed by atoms with van der Waals surface area (Å²) in [4.78, 5) is 24.6. The Bertz CT molecular complexity index is 383. The second-order valence-electron chi connectivity index (χ2n) is 4.16. The van der Waals surface area contributed by atoms with E-state index >= 15 is 0 Å². The molecule has 0 aromatic heterocycles. The summed E-state index contributed by atoms with van der Waals surface area (Å²) in [5.74, 6) is 0.238. The van der Waals surface area contributed by atoms with E-state index in [1.165, 1.54) is 11.8 Å². The van der Waals surface area contributed by atoms with Gasteiger partial charge in [-0.2, -0.15) is 0 Å². The van der Waals surface area contributed by atoms with Gasteiger partial charge in [-0.3, -0.25) is 14.9 Å². The van der Waals surface area contributed by atoms with Crippen LogP contribution in [0.1, 0.15) is 19.3 Å². The van der Waals surface area contributed by atoms with Crippen LogP contribution in [0.3, 0.4) is 0 Å². The normalized spacial score (nSPS) is 35.5. The monoisotopic (exact) mass is 224 g/mol. The molecule has 4 nitrogen and oxygen atoms in total. The van der Waals surface area contributed by atoms with Crippen molar-refractivity contribution in [2.75, 3.05) is 13.2 Å². The molecule has 2 heterocycles. The zero-order chi connectivity index (χ0) is 10.5. The van der Waals surface area contributed by atoms with Gasteiger partial charge in [0.15, 0.2) is 10.9 Å². The standard InChI is InChI=1S/C10H12N2O2S/c13-8-2-1-7-6(3-9(14)15-7)10(8)4-11-5-12-10/h11-12H,1-5H2. The lowest BCUT2D eigenvalue weighted by atomic mass is 9.78. The van der Waals surface area contributed by atoms with E-state index in [0.717, 1.165) is 16.9 Å². The molecule has 2 aliphatic heterocycles. The van der Waals surface area contributed by atoms with Gasteiger partial charge in [0.2, 0.25) is 0 Å². The summed E-state index contributed by atoms with van der Waals surface area (Å²) in [5.41, 5.74) is 0.492. The van der Waals surface area contributed by atoms with E-state index in [1.807, 2.05) is 0 Å². The summed E-state index contributed by atoms with van der Waals surface area (Å²) in [6, 6.07) is 0. The first-order chi connectivity index (χ1) is 7.22. The Kier molecular flexibility index (Phi) is 2.02. The van der Waals surface area contributed by atoms with Gasteiger partial charge in [0.25, 0.3) is 0 Å². The predicted molar refractivity (Wildman–Crippen MR) is 57.2 cm³/mol. The minimum atomic E-state index is -0.549. The first kappa shape index (κ1) is 9.57. The van der Waals surface area contributed by atoms with Gasteiger partial charge in [0, 0.05) is 26.1 Å². The van der Waals surface area contributed by atoms with E-state index in [1.54, 1.807) is 0 Å². The molecule has 0 radical (unpaired) electrons. The molecule has 1 fully saturated rings. The number of allylic oxidation sites excluding steroid dienone is 1. The third-order valence-corrected chi connectivity index (χ3v) is 4.44. The van der Waals surface area contributed by atoms with Gasteiger partial charge in [-0.15, -0.1) is 0 Å². The maximum atomic E-state index is 12.0. The summed E-state index contributed by atoms with van der Waals surface area (Å²) >= 11 is 1.33. The fourth-order valence-corrected chi connectivity index (χ4v) is 3.68. The van der Waals surface area contributed by atoms with Crippen LogP contribution in [0.5, 0.6) is 0 Å². The maximum Gasteiger partial charge on any atom is 0.197 e. The molecule has 1 aliphatic carbocycles. The number of fused-ring (bicyclic) bond motifs is 1. The van der Waals surface area contributed by atoms with Crippen molar-refractivity contribution in [2.24, 2.45) is 0 Å². The van der Waals surface area contributed by atoms with Gasteiger partial charge in [-0.05, 0) is 16.9 Å². The molecule has 1 spiro atoms. The molecule has 1 unspecified atom stereocenters. The quantitative estimate of drug-likeness (QED) is 0.613. The molecule has 1 atom stereocenters. The van der Waals surface area contributed by atoms with Crippen LogP contribution < -0.4 is 10.6 Å². The molecule has 5 heteroatoms. The highest BCUT2D eigenvalue weighted by molar-refractivity contribution is 8.17. The first-order valence-electron chi connectivity index (χ1n) is 5.14. The third kappa shape index (κ3) is 1.23. The molecule has 2 N–H and O–H groups in total. The molecule has 0 aromatic rings. The number of Topliss-reactive ketones (excluding diaryl/α,β-unsaturated/α-hetero) is 1. The lowest BCUT2D eigenvalue weighted by molar-refractivity contribution is -0.123. The SMILES string of the molecule is O=C1CC2=C(CCC(=O)C23CNCN3)S1. The van der Waals surface area contributed by atoms with Crippen LogP contribution in [-0.4, -0.2) is 29.7 Å². The number of thioether (sulfide) groups is 1. The van der Waals surface area contributed by atoms with E-state index < -0.39 is 5.54 Å². The maximum absolute atomic E-state index is 12.0. The Morgan fingerprint density at radius 1 is 1.27 bits per heavy atom. The lowest BCUT2D eigenvalue weighted by Crippen LogP contribution is -2.53. The van der Waals surface area contributed by atoms with Crippen molar-refractivity contribution in [1.82, 2.24) is 10.6 Å². The molecule has 3 rings (SSSR count). The number of hydrogen-bond donors (Lipinski definition) is 2. The van der Waals surface area contributed by atoms with Crippen molar-refractivity contribution in [3.63, 3.8) is 0 Å². The van der Waals surface area contributed by atoms with Crippen molar-refractivity contribution in [2.45, 2.75) is 24.8 Å². The third-order valence-electron chi connectivity index (χ3n) is 3.37. The van der Waals surface area contributed by atoms with E-state index in [9.17, 15) is 9.59 Å². The van der Waals surface area contributed by atoms with Crippen LogP contribution >= 0.6 is 11.8 Å². The molecule has 1 saturated heterocycles. The molecular formula is C10H12N2O2S. The predicted octanol–water partition coefficient (Wildman–Crippen LogP) is 0.156.